The van der Waals surface area contributed by atoms with Gasteiger partial charge in [0.1, 0.15) is 23.1 Å². The molecule has 2 N–H and O–H groups in total. The SMILES string of the molecule is CC(=O)N1CC(Oc2ccc(C(F)(F)F)cc2NC(=O)NC2CC3(C2)CN(C(=O)c2cnn4ccn(C)c24)C3)C1. The number of benzene rings is 1. The summed E-state index contributed by atoms with van der Waals surface area (Å²) in [5.41, 5.74) is 0.164. The Morgan fingerprint density at radius 2 is 1.82 bits per heavy atom. The maximum atomic E-state index is 13.3. The van der Waals surface area contributed by atoms with Crippen LogP contribution < -0.4 is 15.4 Å². The number of anilines is 1. The summed E-state index contributed by atoms with van der Waals surface area (Å²) in [5, 5.41) is 9.54. The molecule has 6 rings (SSSR count). The number of alkyl halides is 3. The van der Waals surface area contributed by atoms with Crippen molar-refractivity contribution >= 4 is 29.2 Å². The number of amides is 4. The van der Waals surface area contributed by atoms with Crippen molar-refractivity contribution in [2.45, 2.75) is 38.1 Å². The molecule has 3 aliphatic rings. The Bertz CT molecular complexity index is 1490. The quantitative estimate of drug-likeness (QED) is 0.499. The normalized spacial score (nSPS) is 18.7. The van der Waals surface area contributed by atoms with Gasteiger partial charge in [0.05, 0.1) is 30.5 Å². The first-order valence-corrected chi connectivity index (χ1v) is 12.9. The highest BCUT2D eigenvalue weighted by molar-refractivity contribution is 6.00. The first-order chi connectivity index (χ1) is 18.9. The number of halogens is 3. The molecular weight excluding hydrogens is 531 g/mol. The van der Waals surface area contributed by atoms with Gasteiger partial charge in [-0.25, -0.2) is 9.31 Å². The van der Waals surface area contributed by atoms with Crippen molar-refractivity contribution in [3.63, 3.8) is 0 Å². The summed E-state index contributed by atoms with van der Waals surface area (Å²) in [7, 11) is 1.85. The van der Waals surface area contributed by atoms with E-state index in [9.17, 15) is 27.6 Å². The first kappa shape index (κ1) is 26.0. The number of aryl methyl sites for hydroxylation is 1. The second kappa shape index (κ2) is 9.17. The summed E-state index contributed by atoms with van der Waals surface area (Å²) in [6, 6.07) is 2.11. The summed E-state index contributed by atoms with van der Waals surface area (Å²) in [6.45, 7) is 3.21. The number of imidazole rings is 1. The molecule has 2 aliphatic heterocycles. The van der Waals surface area contributed by atoms with Crippen molar-refractivity contribution in [3.05, 3.63) is 47.9 Å². The van der Waals surface area contributed by atoms with Crippen molar-refractivity contribution in [1.29, 1.82) is 0 Å². The summed E-state index contributed by atoms with van der Waals surface area (Å²) < 4.78 is 49.3. The Hall–Kier alpha value is -4.23. The van der Waals surface area contributed by atoms with Gasteiger partial charge in [0.2, 0.25) is 5.91 Å². The third-order valence-electron chi connectivity index (χ3n) is 7.94. The number of carbonyl (C=O) groups is 3. The van der Waals surface area contributed by atoms with Crippen LogP contribution in [0.2, 0.25) is 0 Å². The van der Waals surface area contributed by atoms with Gasteiger partial charge in [-0.05, 0) is 31.0 Å². The zero-order valence-electron chi connectivity index (χ0n) is 21.9. The monoisotopic (exact) mass is 559 g/mol. The molecule has 212 valence electrons. The van der Waals surface area contributed by atoms with E-state index in [4.69, 9.17) is 4.74 Å². The van der Waals surface area contributed by atoms with Crippen LogP contribution in [0.15, 0.2) is 36.8 Å². The molecule has 1 saturated carbocycles. The lowest BCUT2D eigenvalue weighted by Crippen LogP contribution is -2.67. The lowest BCUT2D eigenvalue weighted by Gasteiger charge is -2.58. The van der Waals surface area contributed by atoms with Gasteiger partial charge < -0.3 is 29.7 Å². The van der Waals surface area contributed by atoms with Gasteiger partial charge in [0.15, 0.2) is 0 Å². The highest BCUT2D eigenvalue weighted by Crippen LogP contribution is 2.49. The average molecular weight is 560 g/mol. The minimum atomic E-state index is -4.59. The maximum Gasteiger partial charge on any atom is 0.416 e. The molecule has 11 nitrogen and oxygen atoms in total. The van der Waals surface area contributed by atoms with E-state index < -0.39 is 17.8 Å². The minimum Gasteiger partial charge on any atom is -0.485 e. The number of aromatic nitrogens is 3. The van der Waals surface area contributed by atoms with Gasteiger partial charge in [-0.3, -0.25) is 9.59 Å². The number of nitrogens with zero attached hydrogens (tertiary/aromatic N) is 5. The fraction of sp³-hybridized carbons (Fsp3) is 0.462. The zero-order chi connectivity index (χ0) is 28.4. The van der Waals surface area contributed by atoms with Crippen molar-refractivity contribution < 1.29 is 32.3 Å². The Balaban J connectivity index is 1.03. The van der Waals surface area contributed by atoms with Crippen LogP contribution in [0.4, 0.5) is 23.7 Å². The topological polar surface area (TPSA) is 113 Å². The Morgan fingerprint density at radius 1 is 1.10 bits per heavy atom. The molecule has 3 aromatic rings. The molecule has 1 aliphatic carbocycles. The number of urea groups is 1. The third-order valence-corrected chi connectivity index (χ3v) is 7.94. The van der Waals surface area contributed by atoms with Gasteiger partial charge in [0, 0.05) is 50.9 Å². The van der Waals surface area contributed by atoms with Gasteiger partial charge in [0.25, 0.3) is 5.91 Å². The van der Waals surface area contributed by atoms with E-state index in [2.05, 4.69) is 15.7 Å². The molecular formula is C26H28F3N7O4. The van der Waals surface area contributed by atoms with Crippen LogP contribution in [-0.2, 0) is 18.0 Å². The molecule has 0 bridgehead atoms. The third kappa shape index (κ3) is 4.60. The molecule has 0 atom stereocenters. The Kier molecular flexibility index (Phi) is 5.96. The average Bonchev–Trinajstić information content (AvgIpc) is 3.39. The highest BCUT2D eigenvalue weighted by Gasteiger charge is 2.54. The summed E-state index contributed by atoms with van der Waals surface area (Å²) >= 11 is 0. The number of hydrogen-bond donors (Lipinski definition) is 2. The molecule has 3 fully saturated rings. The van der Waals surface area contributed by atoms with Crippen LogP contribution in [0.1, 0.15) is 35.7 Å². The van der Waals surface area contributed by atoms with Crippen molar-refractivity contribution in [2.75, 3.05) is 31.5 Å². The van der Waals surface area contributed by atoms with E-state index in [1.165, 1.54) is 13.0 Å². The van der Waals surface area contributed by atoms with Crippen LogP contribution in [-0.4, -0.2) is 80.2 Å². The maximum absolute atomic E-state index is 13.3. The van der Waals surface area contributed by atoms with Crippen LogP contribution in [0.25, 0.3) is 5.65 Å². The number of fused-ring (bicyclic) bond motifs is 1. The van der Waals surface area contributed by atoms with E-state index in [1.807, 2.05) is 17.8 Å². The predicted molar refractivity (Wildman–Crippen MR) is 136 cm³/mol. The molecule has 1 aromatic carbocycles. The molecule has 14 heteroatoms. The second-order valence-corrected chi connectivity index (χ2v) is 11.0. The standard InChI is InChI=1S/C26H28F3N7O4/c1-15(37)34-11-18(12-34)40-21-4-3-16(26(27,28)29)7-20(21)32-24(39)31-17-8-25(9-17)13-35(14-25)23(38)19-10-30-36-6-5-33(2)22(19)36/h3-7,10,17-18H,8-9,11-14H2,1-2H3,(H2,31,32,39). The van der Waals surface area contributed by atoms with E-state index in [0.29, 0.717) is 44.6 Å². The lowest BCUT2D eigenvalue weighted by atomic mass is 9.60. The fourth-order valence-corrected chi connectivity index (χ4v) is 5.82. The molecule has 2 aromatic heterocycles. The number of carbonyl (C=O) groups excluding carboxylic acids is 3. The van der Waals surface area contributed by atoms with E-state index >= 15 is 0 Å². The highest BCUT2D eigenvalue weighted by atomic mass is 19.4. The van der Waals surface area contributed by atoms with Crippen LogP contribution in [0.3, 0.4) is 0 Å². The van der Waals surface area contributed by atoms with E-state index in [-0.39, 0.29) is 40.8 Å². The molecule has 2 saturated heterocycles. The smallest absolute Gasteiger partial charge is 0.416 e. The van der Waals surface area contributed by atoms with Gasteiger partial charge >= 0.3 is 12.2 Å². The van der Waals surface area contributed by atoms with Gasteiger partial charge in [-0.15, -0.1) is 0 Å². The molecule has 4 heterocycles. The molecule has 0 radical (unpaired) electrons. The van der Waals surface area contributed by atoms with Crippen molar-refractivity contribution in [1.82, 2.24) is 29.3 Å². The van der Waals surface area contributed by atoms with Crippen LogP contribution in [0, 0.1) is 5.41 Å². The number of ether oxygens (including phenoxy) is 1. The van der Waals surface area contributed by atoms with Gasteiger partial charge in [-0.2, -0.15) is 18.3 Å². The summed E-state index contributed by atoms with van der Waals surface area (Å²) in [5.74, 6) is -0.105. The molecule has 4 amide bonds. The van der Waals surface area contributed by atoms with Crippen molar-refractivity contribution in [3.8, 4) is 5.75 Å². The Labute approximate surface area is 226 Å². The van der Waals surface area contributed by atoms with E-state index in [0.717, 1.165) is 17.8 Å². The van der Waals surface area contributed by atoms with Crippen molar-refractivity contribution in [2.24, 2.45) is 12.5 Å². The van der Waals surface area contributed by atoms with Crippen LogP contribution >= 0.6 is 0 Å². The largest absolute Gasteiger partial charge is 0.485 e. The lowest BCUT2D eigenvalue weighted by molar-refractivity contribution is -0.138. The molecule has 1 spiro atoms. The molecule has 0 unspecified atom stereocenters. The number of hydrogen-bond acceptors (Lipinski definition) is 5. The Morgan fingerprint density at radius 3 is 2.50 bits per heavy atom. The first-order valence-electron chi connectivity index (χ1n) is 12.9. The number of rotatable bonds is 5. The minimum absolute atomic E-state index is 0.0780. The molecule has 40 heavy (non-hydrogen) atoms. The van der Waals surface area contributed by atoms with Crippen LogP contribution in [0.5, 0.6) is 5.75 Å². The number of nitrogens with one attached hydrogen (secondary N) is 2. The van der Waals surface area contributed by atoms with Gasteiger partial charge in [-0.1, -0.05) is 0 Å². The van der Waals surface area contributed by atoms with E-state index in [1.54, 1.807) is 26.7 Å². The predicted octanol–water partition coefficient (Wildman–Crippen LogP) is 2.73. The second-order valence-electron chi connectivity index (χ2n) is 11.0. The fourth-order valence-electron chi connectivity index (χ4n) is 5.82. The summed E-state index contributed by atoms with van der Waals surface area (Å²) in [6.07, 6.45) is 1.52. The zero-order valence-corrected chi connectivity index (χ0v) is 21.9. The number of likely N-dealkylation sites (tertiary alicyclic amines) is 2. The summed E-state index contributed by atoms with van der Waals surface area (Å²) in [4.78, 5) is 40.4.